The molecule has 0 aliphatic heterocycles. The standard InChI is InChI=1S/C18H23NO2/c1-4-17(14-7-5-12(2)6-8-14)19-13(3)16-11-15(20)9-10-18(16)21/h5-11,13,17,19-21H,4H2,1-3H3. The van der Waals surface area contributed by atoms with Crippen LogP contribution in [-0.2, 0) is 0 Å². The Hall–Kier alpha value is -2.00. The van der Waals surface area contributed by atoms with E-state index in [0.717, 1.165) is 6.42 Å². The van der Waals surface area contributed by atoms with Crippen LogP contribution in [0.5, 0.6) is 11.5 Å². The highest BCUT2D eigenvalue weighted by molar-refractivity contribution is 5.40. The van der Waals surface area contributed by atoms with Crippen LogP contribution in [0.2, 0.25) is 0 Å². The lowest BCUT2D eigenvalue weighted by Crippen LogP contribution is -2.24. The smallest absolute Gasteiger partial charge is 0.120 e. The topological polar surface area (TPSA) is 52.5 Å². The number of benzene rings is 2. The van der Waals surface area contributed by atoms with Crippen molar-refractivity contribution in [2.75, 3.05) is 0 Å². The van der Waals surface area contributed by atoms with Gasteiger partial charge in [0.2, 0.25) is 0 Å². The van der Waals surface area contributed by atoms with Crippen molar-refractivity contribution < 1.29 is 10.2 Å². The van der Waals surface area contributed by atoms with Gasteiger partial charge in [-0.1, -0.05) is 36.8 Å². The maximum atomic E-state index is 9.95. The van der Waals surface area contributed by atoms with Gasteiger partial charge in [-0.05, 0) is 44.0 Å². The average molecular weight is 285 g/mol. The molecule has 0 aliphatic rings. The Morgan fingerprint density at radius 2 is 1.71 bits per heavy atom. The lowest BCUT2D eigenvalue weighted by atomic mass is 10.00. The zero-order valence-corrected chi connectivity index (χ0v) is 12.8. The third kappa shape index (κ3) is 3.76. The van der Waals surface area contributed by atoms with Gasteiger partial charge in [0.05, 0.1) is 0 Å². The molecule has 0 saturated heterocycles. The lowest BCUT2D eigenvalue weighted by molar-refractivity contribution is 0.417. The summed E-state index contributed by atoms with van der Waals surface area (Å²) in [6, 6.07) is 13.3. The third-order valence-corrected chi connectivity index (χ3v) is 3.82. The molecule has 2 aromatic rings. The normalized spacial score (nSPS) is 13.9. The monoisotopic (exact) mass is 285 g/mol. The van der Waals surface area contributed by atoms with Gasteiger partial charge in [-0.3, -0.25) is 0 Å². The van der Waals surface area contributed by atoms with Crippen LogP contribution in [0.3, 0.4) is 0 Å². The summed E-state index contributed by atoms with van der Waals surface area (Å²) in [6.45, 7) is 6.20. The Labute approximate surface area is 126 Å². The molecule has 0 amide bonds. The number of nitrogens with one attached hydrogen (secondary N) is 1. The summed E-state index contributed by atoms with van der Waals surface area (Å²) in [6.07, 6.45) is 0.951. The fourth-order valence-electron chi connectivity index (χ4n) is 2.53. The molecule has 0 saturated carbocycles. The van der Waals surface area contributed by atoms with E-state index in [1.54, 1.807) is 6.07 Å². The third-order valence-electron chi connectivity index (χ3n) is 3.82. The van der Waals surface area contributed by atoms with E-state index >= 15 is 0 Å². The SMILES string of the molecule is CCC(NC(C)c1cc(O)ccc1O)c1ccc(C)cc1. The van der Waals surface area contributed by atoms with Gasteiger partial charge < -0.3 is 15.5 Å². The quantitative estimate of drug-likeness (QED) is 0.721. The molecular formula is C18H23NO2. The first kappa shape index (κ1) is 15.4. The Morgan fingerprint density at radius 1 is 1.05 bits per heavy atom. The molecule has 3 heteroatoms. The molecule has 0 aromatic heterocycles. The van der Waals surface area contributed by atoms with Gasteiger partial charge >= 0.3 is 0 Å². The van der Waals surface area contributed by atoms with E-state index in [2.05, 4.69) is 43.4 Å². The van der Waals surface area contributed by atoms with E-state index in [4.69, 9.17) is 0 Å². The summed E-state index contributed by atoms with van der Waals surface area (Å²) >= 11 is 0. The number of aryl methyl sites for hydroxylation is 1. The maximum absolute atomic E-state index is 9.95. The second kappa shape index (κ2) is 6.64. The Morgan fingerprint density at radius 3 is 2.33 bits per heavy atom. The van der Waals surface area contributed by atoms with E-state index in [9.17, 15) is 10.2 Å². The van der Waals surface area contributed by atoms with Crippen molar-refractivity contribution in [1.29, 1.82) is 0 Å². The Balaban J connectivity index is 2.17. The second-order valence-electron chi connectivity index (χ2n) is 5.50. The molecule has 0 bridgehead atoms. The van der Waals surface area contributed by atoms with Crippen molar-refractivity contribution in [1.82, 2.24) is 5.32 Å². The van der Waals surface area contributed by atoms with Gasteiger partial charge in [0.1, 0.15) is 11.5 Å². The first-order chi connectivity index (χ1) is 10.0. The predicted octanol–water partition coefficient (Wildman–Crippen LogP) is 4.21. The molecule has 3 nitrogen and oxygen atoms in total. The summed E-state index contributed by atoms with van der Waals surface area (Å²) in [5.74, 6) is 0.367. The van der Waals surface area contributed by atoms with Crippen molar-refractivity contribution in [2.24, 2.45) is 0 Å². The summed E-state index contributed by atoms with van der Waals surface area (Å²) < 4.78 is 0. The van der Waals surface area contributed by atoms with E-state index < -0.39 is 0 Å². The minimum atomic E-state index is -0.0525. The molecule has 0 radical (unpaired) electrons. The van der Waals surface area contributed by atoms with Crippen LogP contribution in [0.25, 0.3) is 0 Å². The van der Waals surface area contributed by atoms with E-state index in [0.29, 0.717) is 5.56 Å². The van der Waals surface area contributed by atoms with Crippen LogP contribution >= 0.6 is 0 Å². The molecule has 3 N–H and O–H groups in total. The summed E-state index contributed by atoms with van der Waals surface area (Å²) in [4.78, 5) is 0. The number of hydrogen-bond donors (Lipinski definition) is 3. The van der Waals surface area contributed by atoms with Crippen LogP contribution in [0, 0.1) is 6.92 Å². The largest absolute Gasteiger partial charge is 0.508 e. The summed E-state index contributed by atoms with van der Waals surface area (Å²) in [5, 5.41) is 23.0. The van der Waals surface area contributed by atoms with Crippen molar-refractivity contribution in [3.05, 3.63) is 59.2 Å². The van der Waals surface area contributed by atoms with Gasteiger partial charge in [0.15, 0.2) is 0 Å². The molecule has 2 aromatic carbocycles. The maximum Gasteiger partial charge on any atom is 0.120 e. The van der Waals surface area contributed by atoms with E-state index in [1.807, 2.05) is 6.92 Å². The van der Waals surface area contributed by atoms with E-state index in [1.165, 1.54) is 23.3 Å². The number of aromatic hydroxyl groups is 2. The van der Waals surface area contributed by atoms with E-state index in [-0.39, 0.29) is 23.6 Å². The van der Waals surface area contributed by atoms with Crippen molar-refractivity contribution in [3.8, 4) is 11.5 Å². The van der Waals surface area contributed by atoms with Gasteiger partial charge in [-0.25, -0.2) is 0 Å². The zero-order valence-electron chi connectivity index (χ0n) is 12.8. The highest BCUT2D eigenvalue weighted by Gasteiger charge is 2.16. The molecule has 2 atom stereocenters. The fourth-order valence-corrected chi connectivity index (χ4v) is 2.53. The number of rotatable bonds is 5. The molecule has 112 valence electrons. The van der Waals surface area contributed by atoms with Crippen molar-refractivity contribution in [3.63, 3.8) is 0 Å². The van der Waals surface area contributed by atoms with Crippen molar-refractivity contribution >= 4 is 0 Å². The predicted molar refractivity (Wildman–Crippen MR) is 85.5 cm³/mol. The van der Waals surface area contributed by atoms with Gasteiger partial charge in [-0.15, -0.1) is 0 Å². The second-order valence-corrected chi connectivity index (χ2v) is 5.50. The van der Waals surface area contributed by atoms with Gasteiger partial charge in [0.25, 0.3) is 0 Å². The molecule has 2 rings (SSSR count). The Kier molecular flexibility index (Phi) is 4.86. The number of phenolic OH excluding ortho intramolecular Hbond substituents is 2. The van der Waals surface area contributed by atoms with Gasteiger partial charge in [0, 0.05) is 17.6 Å². The number of hydrogen-bond acceptors (Lipinski definition) is 3. The molecule has 0 aliphatic carbocycles. The van der Waals surface area contributed by atoms with Crippen LogP contribution < -0.4 is 5.32 Å². The lowest BCUT2D eigenvalue weighted by Gasteiger charge is -2.24. The summed E-state index contributed by atoms with van der Waals surface area (Å²) in [7, 11) is 0. The van der Waals surface area contributed by atoms with Crippen molar-refractivity contribution in [2.45, 2.75) is 39.3 Å². The zero-order chi connectivity index (χ0) is 15.4. The highest BCUT2D eigenvalue weighted by Crippen LogP contribution is 2.30. The molecule has 2 unspecified atom stereocenters. The molecule has 0 fully saturated rings. The fraction of sp³-hybridized carbons (Fsp3) is 0.333. The van der Waals surface area contributed by atoms with Crippen LogP contribution in [0.1, 0.15) is 49.0 Å². The first-order valence-corrected chi connectivity index (χ1v) is 7.35. The summed E-state index contributed by atoms with van der Waals surface area (Å²) in [5.41, 5.74) is 3.18. The van der Waals surface area contributed by atoms with Gasteiger partial charge in [-0.2, -0.15) is 0 Å². The minimum Gasteiger partial charge on any atom is -0.508 e. The molecular weight excluding hydrogens is 262 g/mol. The highest BCUT2D eigenvalue weighted by atomic mass is 16.3. The first-order valence-electron chi connectivity index (χ1n) is 7.35. The Bertz CT molecular complexity index is 593. The minimum absolute atomic E-state index is 0.0525. The molecule has 21 heavy (non-hydrogen) atoms. The van der Waals surface area contributed by atoms with Crippen LogP contribution in [-0.4, -0.2) is 10.2 Å². The number of phenols is 2. The van der Waals surface area contributed by atoms with Crippen LogP contribution in [0.4, 0.5) is 0 Å². The van der Waals surface area contributed by atoms with Crippen LogP contribution in [0.15, 0.2) is 42.5 Å². The molecule has 0 spiro atoms. The molecule has 0 heterocycles. The average Bonchev–Trinajstić information content (AvgIpc) is 2.48.